The zero-order valence-electron chi connectivity index (χ0n) is 16.7. The Morgan fingerprint density at radius 2 is 1.79 bits per heavy atom. The predicted molar refractivity (Wildman–Crippen MR) is 113 cm³/mol. The molecule has 1 amide bonds. The zero-order chi connectivity index (χ0) is 19.9. The number of likely N-dealkylation sites (N-methyl/N-ethyl adjacent to an activating group) is 1. The molecule has 4 nitrogen and oxygen atoms in total. The summed E-state index contributed by atoms with van der Waals surface area (Å²) in [6.07, 6.45) is 2.21. The summed E-state index contributed by atoms with van der Waals surface area (Å²) in [6.45, 7) is 4.96. The first-order valence-corrected chi connectivity index (χ1v) is 10.3. The van der Waals surface area contributed by atoms with Gasteiger partial charge in [-0.3, -0.25) is 9.69 Å². The third kappa shape index (κ3) is 5.81. The lowest BCUT2D eigenvalue weighted by Gasteiger charge is -2.33. The van der Waals surface area contributed by atoms with E-state index in [9.17, 15) is 4.79 Å². The molecule has 1 saturated heterocycles. The number of nitrogens with zero attached hydrogens (tertiary/aromatic N) is 2. The summed E-state index contributed by atoms with van der Waals surface area (Å²) in [4.78, 5) is 16.8. The number of hydrogen-bond donors (Lipinski definition) is 0. The van der Waals surface area contributed by atoms with Crippen LogP contribution in [0, 0.1) is 0 Å². The van der Waals surface area contributed by atoms with Crippen LogP contribution in [0.3, 0.4) is 0 Å². The van der Waals surface area contributed by atoms with E-state index in [-0.39, 0.29) is 18.1 Å². The van der Waals surface area contributed by atoms with Crippen LogP contribution in [-0.2, 0) is 16.1 Å². The molecule has 0 N–H and O–H groups in total. The lowest BCUT2D eigenvalue weighted by Crippen LogP contribution is -2.44. The largest absolute Gasteiger partial charge is 0.373 e. The Morgan fingerprint density at radius 1 is 1.14 bits per heavy atom. The van der Waals surface area contributed by atoms with E-state index in [1.165, 1.54) is 5.56 Å². The van der Waals surface area contributed by atoms with E-state index in [0.717, 1.165) is 31.5 Å². The molecule has 3 rings (SSSR count). The van der Waals surface area contributed by atoms with Gasteiger partial charge in [0.1, 0.15) is 0 Å². The van der Waals surface area contributed by atoms with Gasteiger partial charge in [0.2, 0.25) is 5.91 Å². The van der Waals surface area contributed by atoms with E-state index < -0.39 is 0 Å². The Hall–Kier alpha value is -1.88. The van der Waals surface area contributed by atoms with Gasteiger partial charge in [-0.25, -0.2) is 0 Å². The Kier molecular flexibility index (Phi) is 7.49. The van der Waals surface area contributed by atoms with Gasteiger partial charge in [-0.1, -0.05) is 54.1 Å². The first-order valence-electron chi connectivity index (χ1n) is 9.92. The number of piperidine rings is 1. The van der Waals surface area contributed by atoms with Gasteiger partial charge in [0, 0.05) is 25.2 Å². The summed E-state index contributed by atoms with van der Waals surface area (Å²) in [6, 6.07) is 18.0. The maximum Gasteiger partial charge on any atom is 0.236 e. The van der Waals surface area contributed by atoms with Gasteiger partial charge in [0.25, 0.3) is 0 Å². The van der Waals surface area contributed by atoms with Crippen molar-refractivity contribution in [2.24, 2.45) is 0 Å². The fourth-order valence-corrected chi connectivity index (χ4v) is 3.63. The molecular weight excluding hydrogens is 372 g/mol. The molecule has 2 aromatic carbocycles. The molecule has 1 aliphatic heterocycles. The number of carbonyl (C=O) groups excluding carboxylic acids is 1. The van der Waals surface area contributed by atoms with Gasteiger partial charge < -0.3 is 9.64 Å². The molecule has 5 heteroatoms. The minimum absolute atomic E-state index is 0.0245. The van der Waals surface area contributed by atoms with Crippen molar-refractivity contribution in [3.05, 3.63) is 70.7 Å². The van der Waals surface area contributed by atoms with Crippen molar-refractivity contribution in [2.45, 2.75) is 38.5 Å². The monoisotopic (exact) mass is 400 g/mol. The van der Waals surface area contributed by atoms with Crippen LogP contribution in [-0.4, -0.2) is 48.5 Å². The number of benzene rings is 2. The summed E-state index contributed by atoms with van der Waals surface area (Å²) in [5, 5.41) is 0.710. The van der Waals surface area contributed by atoms with Crippen molar-refractivity contribution in [1.82, 2.24) is 9.80 Å². The number of amides is 1. The van der Waals surface area contributed by atoms with Crippen molar-refractivity contribution in [3.8, 4) is 0 Å². The van der Waals surface area contributed by atoms with Gasteiger partial charge in [-0.2, -0.15) is 0 Å². The minimum Gasteiger partial charge on any atom is -0.373 e. The Balaban J connectivity index is 1.42. The first kappa shape index (κ1) is 20.8. The second-order valence-corrected chi connectivity index (χ2v) is 7.94. The topological polar surface area (TPSA) is 32.8 Å². The number of hydrogen-bond acceptors (Lipinski definition) is 3. The highest BCUT2D eigenvalue weighted by Crippen LogP contribution is 2.22. The van der Waals surface area contributed by atoms with E-state index in [2.05, 4.69) is 17.0 Å². The highest BCUT2D eigenvalue weighted by atomic mass is 35.5. The Labute approximate surface area is 173 Å². The molecular formula is C23H29ClN2O2. The maximum atomic E-state index is 12.7. The molecule has 0 aliphatic carbocycles. The minimum atomic E-state index is 0.0245. The predicted octanol–water partition coefficient (Wildman–Crippen LogP) is 4.54. The van der Waals surface area contributed by atoms with Crippen molar-refractivity contribution in [3.63, 3.8) is 0 Å². The number of halogens is 1. The van der Waals surface area contributed by atoms with Gasteiger partial charge in [0.05, 0.1) is 25.3 Å². The summed E-state index contributed by atoms with van der Waals surface area (Å²) < 4.78 is 6.04. The number of likely N-dealkylation sites (tertiary alicyclic amines) is 1. The molecule has 1 aliphatic rings. The summed E-state index contributed by atoms with van der Waals surface area (Å²) in [7, 11) is 1.87. The van der Waals surface area contributed by atoms with Crippen molar-refractivity contribution < 1.29 is 9.53 Å². The van der Waals surface area contributed by atoms with Crippen LogP contribution in [0.5, 0.6) is 0 Å². The number of carbonyl (C=O) groups is 1. The second-order valence-electron chi connectivity index (χ2n) is 7.50. The second kappa shape index (κ2) is 10.1. The molecule has 1 unspecified atom stereocenters. The fraction of sp³-hybridized carbons (Fsp3) is 0.435. The standard InChI is InChI=1S/C23H29ClN2O2/c1-18(20-8-10-21(24)11-9-20)25(2)23(27)16-26-14-12-22(13-15-26)28-17-19-6-4-3-5-7-19/h3-11,18,22H,12-17H2,1-2H3. The average molecular weight is 401 g/mol. The van der Waals surface area contributed by atoms with Gasteiger partial charge >= 0.3 is 0 Å². The number of rotatable bonds is 7. The SMILES string of the molecule is CC(c1ccc(Cl)cc1)N(C)C(=O)CN1CCC(OCc2ccccc2)CC1. The van der Waals surface area contributed by atoms with Crippen molar-refractivity contribution >= 4 is 17.5 Å². The fourth-order valence-electron chi connectivity index (χ4n) is 3.51. The molecule has 0 aromatic heterocycles. The average Bonchev–Trinajstić information content (AvgIpc) is 2.73. The summed E-state index contributed by atoms with van der Waals surface area (Å²) >= 11 is 5.96. The zero-order valence-corrected chi connectivity index (χ0v) is 17.4. The van der Waals surface area contributed by atoms with Gasteiger partial charge in [-0.15, -0.1) is 0 Å². The van der Waals surface area contributed by atoms with E-state index in [1.807, 2.05) is 61.3 Å². The molecule has 1 heterocycles. The molecule has 1 atom stereocenters. The quantitative estimate of drug-likeness (QED) is 0.684. The van der Waals surface area contributed by atoms with Crippen molar-refractivity contribution in [2.75, 3.05) is 26.7 Å². The third-order valence-corrected chi connectivity index (χ3v) is 5.80. The summed E-state index contributed by atoms with van der Waals surface area (Å²) in [5.41, 5.74) is 2.30. The highest BCUT2D eigenvalue weighted by Gasteiger charge is 2.24. The molecule has 150 valence electrons. The van der Waals surface area contributed by atoms with Gasteiger partial charge in [-0.05, 0) is 43.0 Å². The molecule has 1 fully saturated rings. The summed E-state index contributed by atoms with van der Waals surface area (Å²) in [5.74, 6) is 0.145. The van der Waals surface area contributed by atoms with E-state index in [1.54, 1.807) is 0 Å². The molecule has 0 bridgehead atoms. The highest BCUT2D eigenvalue weighted by molar-refractivity contribution is 6.30. The molecule has 0 radical (unpaired) electrons. The van der Waals surface area contributed by atoms with Crippen LogP contribution in [0.4, 0.5) is 0 Å². The molecule has 0 spiro atoms. The van der Waals surface area contributed by atoms with E-state index in [4.69, 9.17) is 16.3 Å². The molecule has 28 heavy (non-hydrogen) atoms. The molecule has 2 aromatic rings. The maximum absolute atomic E-state index is 12.7. The Morgan fingerprint density at radius 3 is 2.43 bits per heavy atom. The lowest BCUT2D eigenvalue weighted by molar-refractivity contribution is -0.133. The molecule has 0 saturated carbocycles. The Bertz CT molecular complexity index is 743. The van der Waals surface area contributed by atoms with Crippen LogP contribution in [0.1, 0.15) is 36.9 Å². The van der Waals surface area contributed by atoms with Crippen LogP contribution in [0.25, 0.3) is 0 Å². The number of ether oxygens (including phenoxy) is 1. The lowest BCUT2D eigenvalue weighted by atomic mass is 10.1. The normalized spacial score (nSPS) is 16.7. The van der Waals surface area contributed by atoms with Crippen LogP contribution < -0.4 is 0 Å². The van der Waals surface area contributed by atoms with Crippen LogP contribution in [0.2, 0.25) is 5.02 Å². The van der Waals surface area contributed by atoms with Crippen molar-refractivity contribution in [1.29, 1.82) is 0 Å². The van der Waals surface area contributed by atoms with Crippen LogP contribution >= 0.6 is 11.6 Å². The third-order valence-electron chi connectivity index (χ3n) is 5.55. The first-order chi connectivity index (χ1) is 13.5. The van der Waals surface area contributed by atoms with E-state index >= 15 is 0 Å². The van der Waals surface area contributed by atoms with Gasteiger partial charge in [0.15, 0.2) is 0 Å². The smallest absolute Gasteiger partial charge is 0.236 e. The van der Waals surface area contributed by atoms with E-state index in [0.29, 0.717) is 18.2 Å². The van der Waals surface area contributed by atoms with Crippen LogP contribution in [0.15, 0.2) is 54.6 Å².